The number of piperidine rings is 1. The van der Waals surface area contributed by atoms with Crippen LogP contribution >= 0.6 is 0 Å². The number of nitrogens with one attached hydrogen (secondary N) is 2. The van der Waals surface area contributed by atoms with Gasteiger partial charge < -0.3 is 15.2 Å². The van der Waals surface area contributed by atoms with Crippen molar-refractivity contribution in [3.8, 4) is 5.75 Å². The Bertz CT molecular complexity index is 746. The van der Waals surface area contributed by atoms with Gasteiger partial charge in [-0.3, -0.25) is 4.79 Å². The summed E-state index contributed by atoms with van der Waals surface area (Å²) in [6, 6.07) is 4.83. The van der Waals surface area contributed by atoms with Gasteiger partial charge in [0.05, 0.1) is 5.71 Å². The zero-order chi connectivity index (χ0) is 20.7. The molecule has 3 N–H and O–H groups in total. The smallest absolute Gasteiger partial charge is 0.490 e. The number of rotatable bonds is 3. The van der Waals surface area contributed by atoms with Crippen LogP contribution in [0.25, 0.3) is 0 Å². The Hall–Kier alpha value is -2.69. The Balaban J connectivity index is 0.000000345. The second-order valence-corrected chi connectivity index (χ2v) is 6.11. The third-order valence-corrected chi connectivity index (χ3v) is 3.99. The predicted molar refractivity (Wildman–Crippen MR) is 90.5 cm³/mol. The van der Waals surface area contributed by atoms with Gasteiger partial charge in [0.25, 0.3) is 0 Å². The Labute approximate surface area is 157 Å². The lowest BCUT2D eigenvalue weighted by molar-refractivity contribution is -0.192. The van der Waals surface area contributed by atoms with Crippen LogP contribution < -0.4 is 15.5 Å². The molecule has 154 valence electrons. The number of hydrogen-bond donors (Lipinski definition) is 3. The maximum atomic E-state index is 14.2. The van der Waals surface area contributed by atoms with Gasteiger partial charge in [0, 0.05) is 24.5 Å². The summed E-state index contributed by atoms with van der Waals surface area (Å²) in [4.78, 5) is 20.0. The molecule has 0 saturated carbocycles. The summed E-state index contributed by atoms with van der Waals surface area (Å²) in [5, 5.41) is 14.3. The Morgan fingerprint density at radius 3 is 2.36 bits per heavy atom. The lowest BCUT2D eigenvalue weighted by atomic mass is 10.0. The van der Waals surface area contributed by atoms with E-state index >= 15 is 0 Å². The molecule has 7 nitrogen and oxygen atoms in total. The van der Waals surface area contributed by atoms with Crippen LogP contribution in [0.1, 0.15) is 31.2 Å². The van der Waals surface area contributed by atoms with Crippen LogP contribution in [0.5, 0.6) is 5.75 Å². The third-order valence-electron chi connectivity index (χ3n) is 3.99. The van der Waals surface area contributed by atoms with E-state index in [2.05, 4.69) is 15.8 Å². The molecule has 1 aromatic rings. The minimum absolute atomic E-state index is 0.134. The Kier molecular flexibility index (Phi) is 7.32. The van der Waals surface area contributed by atoms with Gasteiger partial charge in [-0.15, -0.1) is 0 Å². The van der Waals surface area contributed by atoms with Crippen molar-refractivity contribution in [3.63, 3.8) is 0 Å². The number of carbonyl (C=O) groups is 2. The van der Waals surface area contributed by atoms with Crippen molar-refractivity contribution in [2.75, 3.05) is 13.1 Å². The number of ether oxygens (including phenoxy) is 1. The minimum atomic E-state index is -5.08. The van der Waals surface area contributed by atoms with Crippen LogP contribution in [-0.2, 0) is 9.59 Å². The van der Waals surface area contributed by atoms with Crippen LogP contribution in [0.3, 0.4) is 0 Å². The Morgan fingerprint density at radius 2 is 1.86 bits per heavy atom. The van der Waals surface area contributed by atoms with Crippen LogP contribution in [0.4, 0.5) is 17.6 Å². The number of carbonyl (C=O) groups excluding carboxylic acids is 1. The molecule has 0 spiro atoms. The van der Waals surface area contributed by atoms with Gasteiger partial charge in [0.15, 0.2) is 0 Å². The maximum absolute atomic E-state index is 14.2. The monoisotopic (exact) mass is 405 g/mol. The number of hydrazone groups is 1. The average Bonchev–Trinajstić information content (AvgIpc) is 2.63. The first kappa shape index (κ1) is 21.6. The Morgan fingerprint density at radius 1 is 1.21 bits per heavy atom. The molecule has 2 heterocycles. The lowest BCUT2D eigenvalue weighted by Crippen LogP contribution is -2.34. The van der Waals surface area contributed by atoms with E-state index in [0.717, 1.165) is 25.9 Å². The molecule has 0 aliphatic carbocycles. The van der Waals surface area contributed by atoms with Crippen molar-refractivity contribution >= 4 is 17.6 Å². The molecule has 3 rings (SSSR count). The van der Waals surface area contributed by atoms with Crippen molar-refractivity contribution in [1.82, 2.24) is 10.7 Å². The summed E-state index contributed by atoms with van der Waals surface area (Å²) in [6.07, 6.45) is -2.28. The van der Waals surface area contributed by atoms with Crippen LogP contribution in [-0.4, -0.2) is 48.1 Å². The van der Waals surface area contributed by atoms with Gasteiger partial charge in [0.1, 0.15) is 17.7 Å². The highest BCUT2D eigenvalue weighted by Gasteiger charge is 2.38. The zero-order valence-electron chi connectivity index (χ0n) is 14.7. The molecular formula is C17H19F4N3O4. The van der Waals surface area contributed by atoms with Crippen LogP contribution in [0.15, 0.2) is 23.3 Å². The van der Waals surface area contributed by atoms with E-state index in [1.165, 1.54) is 6.07 Å². The highest BCUT2D eigenvalue weighted by molar-refractivity contribution is 6.04. The second-order valence-electron chi connectivity index (χ2n) is 6.11. The zero-order valence-corrected chi connectivity index (χ0v) is 14.7. The molecule has 0 atom stereocenters. The van der Waals surface area contributed by atoms with Gasteiger partial charge in [0.2, 0.25) is 5.91 Å². The third kappa shape index (κ3) is 6.48. The quantitative estimate of drug-likeness (QED) is 0.670. The molecule has 0 unspecified atom stereocenters. The fraction of sp³-hybridized carbons (Fsp3) is 0.471. The highest BCUT2D eigenvalue weighted by atomic mass is 19.4. The summed E-state index contributed by atoms with van der Waals surface area (Å²) in [7, 11) is 0. The van der Waals surface area contributed by atoms with E-state index in [4.69, 9.17) is 14.6 Å². The number of alkyl halides is 3. The topological polar surface area (TPSA) is 100 Å². The minimum Gasteiger partial charge on any atom is -0.490 e. The highest BCUT2D eigenvalue weighted by Crippen LogP contribution is 2.22. The molecule has 2 aliphatic rings. The number of hydrogen-bond acceptors (Lipinski definition) is 5. The molecule has 1 aromatic carbocycles. The molecule has 0 bridgehead atoms. The predicted octanol–water partition coefficient (Wildman–Crippen LogP) is 2.20. The number of halogens is 4. The maximum Gasteiger partial charge on any atom is 0.490 e. The largest absolute Gasteiger partial charge is 0.490 e. The number of carboxylic acid groups (broad SMARTS) is 1. The average molecular weight is 405 g/mol. The first-order valence-electron chi connectivity index (χ1n) is 8.49. The van der Waals surface area contributed by atoms with Crippen molar-refractivity contribution in [2.45, 2.75) is 38.0 Å². The van der Waals surface area contributed by atoms with E-state index in [-0.39, 0.29) is 17.8 Å². The number of nitrogens with zero attached hydrogens (tertiary/aromatic N) is 1. The molecular weight excluding hydrogens is 386 g/mol. The normalized spacial score (nSPS) is 17.7. The molecule has 28 heavy (non-hydrogen) atoms. The first-order valence-corrected chi connectivity index (χ1v) is 8.49. The second kappa shape index (κ2) is 9.49. The summed E-state index contributed by atoms with van der Waals surface area (Å²) < 4.78 is 51.7. The van der Waals surface area contributed by atoms with E-state index in [1.807, 2.05) is 0 Å². The summed E-state index contributed by atoms with van der Waals surface area (Å²) in [5.41, 5.74) is 3.38. The SMILES string of the molecule is O=C(O)C(F)(F)F.O=C1CCC(c2ccc(OC3CCNCC3)cc2F)=NN1. The lowest BCUT2D eigenvalue weighted by Gasteiger charge is -2.24. The fourth-order valence-electron chi connectivity index (χ4n) is 2.58. The molecule has 0 radical (unpaired) electrons. The molecule has 1 saturated heterocycles. The summed E-state index contributed by atoms with van der Waals surface area (Å²) in [6.45, 7) is 1.86. The molecule has 2 aliphatic heterocycles. The number of carboxylic acids is 1. The number of amides is 1. The molecule has 1 fully saturated rings. The molecule has 0 aromatic heterocycles. The first-order chi connectivity index (χ1) is 13.2. The van der Waals surface area contributed by atoms with Crippen LogP contribution in [0.2, 0.25) is 0 Å². The van der Waals surface area contributed by atoms with Gasteiger partial charge in [-0.1, -0.05) is 0 Å². The van der Waals surface area contributed by atoms with Gasteiger partial charge in [-0.05, 0) is 38.1 Å². The van der Waals surface area contributed by atoms with E-state index < -0.39 is 12.1 Å². The summed E-state index contributed by atoms with van der Waals surface area (Å²) >= 11 is 0. The van der Waals surface area contributed by atoms with Crippen molar-refractivity contribution < 1.29 is 37.0 Å². The number of aliphatic carboxylic acids is 1. The van der Waals surface area contributed by atoms with E-state index in [1.54, 1.807) is 12.1 Å². The standard InChI is InChI=1S/C15H18FN3O2.C2HF3O2/c16-13-9-11(21-10-5-7-17-8-6-10)1-2-12(13)14-3-4-15(20)19-18-14;3-2(4,5)1(6)7/h1-2,9-10,17H,3-8H2,(H,19,20);(H,6,7). The molecule has 1 amide bonds. The fourth-order valence-corrected chi connectivity index (χ4v) is 2.58. The van der Waals surface area contributed by atoms with Crippen molar-refractivity contribution in [1.29, 1.82) is 0 Å². The summed E-state index contributed by atoms with van der Waals surface area (Å²) in [5.74, 6) is -2.71. The van der Waals surface area contributed by atoms with Gasteiger partial charge >= 0.3 is 12.1 Å². The van der Waals surface area contributed by atoms with E-state index in [0.29, 0.717) is 29.9 Å². The van der Waals surface area contributed by atoms with Gasteiger partial charge in [-0.25, -0.2) is 14.6 Å². The van der Waals surface area contributed by atoms with E-state index in [9.17, 15) is 22.4 Å². The molecule has 11 heteroatoms. The van der Waals surface area contributed by atoms with Crippen molar-refractivity contribution in [3.05, 3.63) is 29.6 Å². The number of benzene rings is 1. The van der Waals surface area contributed by atoms with Crippen LogP contribution in [0, 0.1) is 5.82 Å². The van der Waals surface area contributed by atoms with Gasteiger partial charge in [-0.2, -0.15) is 18.3 Å². The van der Waals surface area contributed by atoms with Crippen molar-refractivity contribution in [2.24, 2.45) is 5.10 Å².